The molecule has 0 amide bonds. The van der Waals surface area contributed by atoms with Crippen molar-refractivity contribution < 1.29 is 13.7 Å². The SMILES string of the molecule is CCN(CC1=CCNC=C1)Cc1c(ON)ccc2c(-c3cc4ccccc4oc3=O)cc(=O)oc12. The summed E-state index contributed by atoms with van der Waals surface area (Å²) in [4.78, 5) is 32.9. The molecule has 4 aromatic rings. The van der Waals surface area contributed by atoms with E-state index >= 15 is 0 Å². The van der Waals surface area contributed by atoms with Gasteiger partial charge in [0.2, 0.25) is 0 Å². The monoisotopic (exact) mass is 471 g/mol. The lowest BCUT2D eigenvalue weighted by atomic mass is 9.99. The Kier molecular flexibility index (Phi) is 6.22. The quantitative estimate of drug-likeness (QED) is 0.310. The minimum Gasteiger partial charge on any atom is -0.422 e. The van der Waals surface area contributed by atoms with Gasteiger partial charge >= 0.3 is 11.3 Å². The predicted molar refractivity (Wildman–Crippen MR) is 135 cm³/mol. The summed E-state index contributed by atoms with van der Waals surface area (Å²) >= 11 is 0. The van der Waals surface area contributed by atoms with Crippen LogP contribution in [0.25, 0.3) is 33.1 Å². The Bertz CT molecular complexity index is 1580. The molecule has 3 N–H and O–H groups in total. The molecule has 0 fully saturated rings. The second-order valence-corrected chi connectivity index (χ2v) is 8.33. The second kappa shape index (κ2) is 9.61. The van der Waals surface area contributed by atoms with E-state index in [2.05, 4.69) is 23.2 Å². The van der Waals surface area contributed by atoms with E-state index < -0.39 is 11.3 Å². The number of likely N-dealkylation sites (N-methyl/N-ethyl adjacent to an activating group) is 1. The Balaban J connectivity index is 1.65. The summed E-state index contributed by atoms with van der Waals surface area (Å²) in [6, 6.07) is 13.8. The van der Waals surface area contributed by atoms with Gasteiger partial charge in [-0.15, -0.1) is 0 Å². The van der Waals surface area contributed by atoms with Crippen molar-refractivity contribution in [3.63, 3.8) is 0 Å². The van der Waals surface area contributed by atoms with E-state index in [9.17, 15) is 9.59 Å². The van der Waals surface area contributed by atoms with Gasteiger partial charge in [-0.25, -0.2) is 9.59 Å². The number of rotatable bonds is 7. The average molecular weight is 472 g/mol. The molecule has 0 atom stereocenters. The van der Waals surface area contributed by atoms with Crippen molar-refractivity contribution in [1.82, 2.24) is 10.2 Å². The van der Waals surface area contributed by atoms with Crippen molar-refractivity contribution in [3.05, 3.63) is 98.9 Å². The molecule has 8 heteroatoms. The van der Waals surface area contributed by atoms with Gasteiger partial charge in [0.05, 0.1) is 11.1 Å². The largest absolute Gasteiger partial charge is 0.422 e. The van der Waals surface area contributed by atoms with Crippen molar-refractivity contribution in [1.29, 1.82) is 0 Å². The first-order chi connectivity index (χ1) is 17.1. The number of para-hydroxylation sites is 1. The number of nitrogens with zero attached hydrogens (tertiary/aromatic N) is 1. The van der Waals surface area contributed by atoms with E-state index in [1.165, 1.54) is 11.6 Å². The van der Waals surface area contributed by atoms with Crippen LogP contribution in [0.4, 0.5) is 0 Å². The molecule has 0 unspecified atom stereocenters. The lowest BCUT2D eigenvalue weighted by Gasteiger charge is -2.23. The summed E-state index contributed by atoms with van der Waals surface area (Å²) in [5, 5.41) is 4.50. The summed E-state index contributed by atoms with van der Waals surface area (Å²) in [6.07, 6.45) is 6.09. The van der Waals surface area contributed by atoms with Crippen LogP contribution in [0.1, 0.15) is 12.5 Å². The van der Waals surface area contributed by atoms with Crippen LogP contribution >= 0.6 is 0 Å². The highest BCUT2D eigenvalue weighted by atomic mass is 16.6. The minimum atomic E-state index is -0.581. The maximum atomic E-state index is 12.9. The lowest BCUT2D eigenvalue weighted by Crippen LogP contribution is -2.27. The minimum absolute atomic E-state index is 0.284. The molecule has 3 heterocycles. The third-order valence-electron chi connectivity index (χ3n) is 6.16. The number of benzene rings is 2. The van der Waals surface area contributed by atoms with Crippen LogP contribution in [-0.4, -0.2) is 24.5 Å². The molecular weight excluding hydrogens is 446 g/mol. The highest BCUT2D eigenvalue weighted by Gasteiger charge is 2.20. The topological polar surface area (TPSA) is 111 Å². The highest BCUT2D eigenvalue weighted by Crippen LogP contribution is 2.34. The fraction of sp³-hybridized carbons (Fsp3) is 0.185. The molecule has 1 aliphatic heterocycles. The van der Waals surface area contributed by atoms with Crippen molar-refractivity contribution in [3.8, 4) is 16.9 Å². The third kappa shape index (κ3) is 4.49. The molecule has 178 valence electrons. The predicted octanol–water partition coefficient (Wildman–Crippen LogP) is 3.68. The Morgan fingerprint density at radius 2 is 1.91 bits per heavy atom. The number of hydrogen-bond acceptors (Lipinski definition) is 8. The normalized spacial score (nSPS) is 13.3. The molecule has 5 rings (SSSR count). The van der Waals surface area contributed by atoms with E-state index in [4.69, 9.17) is 19.6 Å². The molecule has 0 radical (unpaired) electrons. The molecular formula is C27H25N3O5. The average Bonchev–Trinajstić information content (AvgIpc) is 2.88. The van der Waals surface area contributed by atoms with Crippen molar-refractivity contribution in [2.45, 2.75) is 13.5 Å². The fourth-order valence-electron chi connectivity index (χ4n) is 4.37. The molecule has 2 aromatic carbocycles. The first-order valence-corrected chi connectivity index (χ1v) is 11.4. The van der Waals surface area contributed by atoms with Crippen molar-refractivity contribution >= 4 is 21.9 Å². The fourth-order valence-corrected chi connectivity index (χ4v) is 4.37. The first-order valence-electron chi connectivity index (χ1n) is 11.4. The summed E-state index contributed by atoms with van der Waals surface area (Å²) < 4.78 is 11.2. The Morgan fingerprint density at radius 3 is 2.69 bits per heavy atom. The van der Waals surface area contributed by atoms with Crippen LogP contribution < -0.4 is 27.3 Å². The smallest absolute Gasteiger partial charge is 0.344 e. The van der Waals surface area contributed by atoms with Crippen molar-refractivity contribution in [2.24, 2.45) is 5.90 Å². The number of nitrogens with one attached hydrogen (secondary N) is 1. The zero-order valence-corrected chi connectivity index (χ0v) is 19.2. The van der Waals surface area contributed by atoms with E-state index in [0.29, 0.717) is 46.5 Å². The van der Waals surface area contributed by atoms with Gasteiger partial charge in [-0.3, -0.25) is 4.90 Å². The van der Waals surface area contributed by atoms with Gasteiger partial charge < -0.3 is 19.0 Å². The van der Waals surface area contributed by atoms with E-state index in [1.54, 1.807) is 30.3 Å². The third-order valence-corrected chi connectivity index (χ3v) is 6.16. The van der Waals surface area contributed by atoms with Crippen LogP contribution in [0.15, 0.2) is 90.9 Å². The standard InChI is InChI=1S/C27H25N3O5/c1-2-30(15-17-9-11-29-12-10-17)16-22-24(35-28)8-7-19-20(14-25(31)34-26(19)22)21-13-18-5-3-4-6-23(18)33-27(21)32/h3-11,13-14,29H,2,12,15-16,28H2,1H3. The Hall–Kier alpha value is -4.14. The van der Waals surface area contributed by atoms with Crippen LogP contribution in [0.2, 0.25) is 0 Å². The molecule has 0 aliphatic carbocycles. The highest BCUT2D eigenvalue weighted by molar-refractivity contribution is 5.97. The van der Waals surface area contributed by atoms with E-state index in [-0.39, 0.29) is 5.56 Å². The van der Waals surface area contributed by atoms with Gasteiger partial charge in [-0.05, 0) is 48.7 Å². The van der Waals surface area contributed by atoms with E-state index in [1.807, 2.05) is 24.4 Å². The number of fused-ring (bicyclic) bond motifs is 2. The maximum absolute atomic E-state index is 12.9. The number of hydrogen-bond donors (Lipinski definition) is 2. The van der Waals surface area contributed by atoms with Gasteiger partial charge in [0.25, 0.3) is 0 Å². The van der Waals surface area contributed by atoms with Gasteiger partial charge in [0, 0.05) is 42.0 Å². The van der Waals surface area contributed by atoms with Crippen LogP contribution in [-0.2, 0) is 6.54 Å². The molecule has 1 aliphatic rings. The summed E-state index contributed by atoms with van der Waals surface area (Å²) in [6.45, 7) is 4.71. The number of nitrogens with two attached hydrogens (primary N) is 1. The molecule has 35 heavy (non-hydrogen) atoms. The number of dihydropyridines is 1. The summed E-state index contributed by atoms with van der Waals surface area (Å²) in [5.74, 6) is 5.98. The molecule has 0 saturated carbocycles. The van der Waals surface area contributed by atoms with Crippen LogP contribution in [0.3, 0.4) is 0 Å². The van der Waals surface area contributed by atoms with Crippen molar-refractivity contribution in [2.75, 3.05) is 19.6 Å². The molecule has 0 saturated heterocycles. The lowest BCUT2D eigenvalue weighted by molar-refractivity contribution is 0.287. The maximum Gasteiger partial charge on any atom is 0.344 e. The molecule has 0 spiro atoms. The molecule has 0 bridgehead atoms. The van der Waals surface area contributed by atoms with E-state index in [0.717, 1.165) is 18.5 Å². The van der Waals surface area contributed by atoms with Crippen LogP contribution in [0.5, 0.6) is 5.75 Å². The Labute approximate surface area is 200 Å². The summed E-state index contributed by atoms with van der Waals surface area (Å²) in [7, 11) is 0. The van der Waals surface area contributed by atoms with Gasteiger partial charge in [-0.1, -0.05) is 31.2 Å². The second-order valence-electron chi connectivity index (χ2n) is 8.33. The van der Waals surface area contributed by atoms with Gasteiger partial charge in [0.15, 0.2) is 5.75 Å². The zero-order valence-electron chi connectivity index (χ0n) is 19.2. The van der Waals surface area contributed by atoms with Gasteiger partial charge in [-0.2, -0.15) is 5.90 Å². The first kappa shape index (κ1) is 22.6. The van der Waals surface area contributed by atoms with Gasteiger partial charge in [0.1, 0.15) is 11.2 Å². The summed E-state index contributed by atoms with van der Waals surface area (Å²) in [5.41, 5.74) is 2.23. The zero-order chi connectivity index (χ0) is 24.4. The Morgan fingerprint density at radius 1 is 1.06 bits per heavy atom. The molecule has 2 aromatic heterocycles. The van der Waals surface area contributed by atoms with Crippen LogP contribution in [0, 0.1) is 0 Å². The molecule has 8 nitrogen and oxygen atoms in total.